The third-order valence-electron chi connectivity index (χ3n) is 5.32. The van der Waals surface area contributed by atoms with Crippen molar-refractivity contribution in [3.63, 3.8) is 0 Å². The Morgan fingerprint density at radius 2 is 2.00 bits per heavy atom. The van der Waals surface area contributed by atoms with Gasteiger partial charge in [0, 0.05) is 30.6 Å². The molecular weight excluding hydrogens is 386 g/mol. The Labute approximate surface area is 176 Å². The minimum Gasteiger partial charge on any atom is -0.379 e. The lowest BCUT2D eigenvalue weighted by molar-refractivity contribution is -0.121. The first kappa shape index (κ1) is 20.5. The highest BCUT2D eigenvalue weighted by molar-refractivity contribution is 7.19. The molecule has 7 nitrogen and oxygen atoms in total. The maximum absolute atomic E-state index is 12.5. The molecule has 1 saturated heterocycles. The van der Waals surface area contributed by atoms with Crippen LogP contribution in [0.25, 0.3) is 10.2 Å². The summed E-state index contributed by atoms with van der Waals surface area (Å²) in [7, 11) is 1.96. The molecule has 1 aliphatic carbocycles. The number of fused-ring (bicyclic) bond motifs is 3. The predicted octanol–water partition coefficient (Wildman–Crippen LogP) is 2.36. The standard InChI is InChI=1S/C21H31N5O2S/c1-21(2,3)24-17(27)13-25(4)19-18-14-6-5-7-15(14)29-20(18)23-16(22-19)12-26-8-10-28-11-9-26/h5-13H2,1-4H3,(H,24,27). The second-order valence-corrected chi connectivity index (χ2v) is 10.1. The molecule has 0 unspecified atom stereocenters. The van der Waals surface area contributed by atoms with Crippen LogP contribution >= 0.6 is 11.3 Å². The minimum atomic E-state index is -0.246. The SMILES string of the molecule is CN(CC(=O)NC(C)(C)C)c1nc(CN2CCOCC2)nc2sc3c(c12)CCC3. The highest BCUT2D eigenvalue weighted by Crippen LogP contribution is 2.40. The second-order valence-electron chi connectivity index (χ2n) is 9.04. The van der Waals surface area contributed by atoms with Crippen molar-refractivity contribution in [2.45, 2.75) is 52.1 Å². The topological polar surface area (TPSA) is 70.6 Å². The van der Waals surface area contributed by atoms with Crippen LogP contribution in [-0.2, 0) is 28.9 Å². The van der Waals surface area contributed by atoms with E-state index >= 15 is 0 Å². The van der Waals surface area contributed by atoms with Crippen LogP contribution in [0.15, 0.2) is 0 Å². The highest BCUT2D eigenvalue weighted by atomic mass is 32.1. The van der Waals surface area contributed by atoms with Gasteiger partial charge in [0.1, 0.15) is 16.5 Å². The first-order valence-electron chi connectivity index (χ1n) is 10.4. The maximum atomic E-state index is 12.5. The van der Waals surface area contributed by atoms with Gasteiger partial charge >= 0.3 is 0 Å². The molecule has 1 fully saturated rings. The third-order valence-corrected chi connectivity index (χ3v) is 6.50. The molecule has 0 aromatic carbocycles. The fraction of sp³-hybridized carbons (Fsp3) is 0.667. The van der Waals surface area contributed by atoms with E-state index in [1.807, 2.05) is 32.7 Å². The van der Waals surface area contributed by atoms with Gasteiger partial charge in [0.05, 0.1) is 31.7 Å². The molecule has 1 N–H and O–H groups in total. The van der Waals surface area contributed by atoms with E-state index in [0.717, 1.165) is 67.5 Å². The summed E-state index contributed by atoms with van der Waals surface area (Å²) in [6.07, 6.45) is 3.40. The van der Waals surface area contributed by atoms with E-state index in [0.29, 0.717) is 0 Å². The Bertz CT molecular complexity index is 899. The van der Waals surface area contributed by atoms with Crippen molar-refractivity contribution in [3.05, 3.63) is 16.3 Å². The number of likely N-dealkylation sites (N-methyl/N-ethyl adjacent to an activating group) is 1. The van der Waals surface area contributed by atoms with Crippen LogP contribution in [0.5, 0.6) is 0 Å². The molecule has 0 radical (unpaired) electrons. The zero-order valence-electron chi connectivity index (χ0n) is 17.9. The second kappa shape index (κ2) is 8.16. The first-order valence-corrected chi connectivity index (χ1v) is 11.3. The minimum absolute atomic E-state index is 0.00775. The van der Waals surface area contributed by atoms with Gasteiger partial charge in [0.25, 0.3) is 0 Å². The number of amides is 1. The monoisotopic (exact) mass is 417 g/mol. The number of nitrogens with one attached hydrogen (secondary N) is 1. The Balaban J connectivity index is 1.65. The summed E-state index contributed by atoms with van der Waals surface area (Å²) in [4.78, 5) is 29.2. The zero-order chi connectivity index (χ0) is 20.6. The number of aryl methyl sites for hydroxylation is 2. The van der Waals surface area contributed by atoms with E-state index in [9.17, 15) is 4.79 Å². The first-order chi connectivity index (χ1) is 13.8. The molecule has 3 heterocycles. The van der Waals surface area contributed by atoms with Crippen LogP contribution in [0.4, 0.5) is 5.82 Å². The summed E-state index contributed by atoms with van der Waals surface area (Å²) in [6, 6.07) is 0. The molecule has 0 saturated carbocycles. The lowest BCUT2D eigenvalue weighted by Gasteiger charge is -2.27. The fourth-order valence-corrected chi connectivity index (χ4v) is 5.35. The molecule has 8 heteroatoms. The molecular formula is C21H31N5O2S. The molecule has 1 aliphatic heterocycles. The smallest absolute Gasteiger partial charge is 0.239 e. The summed E-state index contributed by atoms with van der Waals surface area (Å²) < 4.78 is 5.46. The van der Waals surface area contributed by atoms with E-state index in [4.69, 9.17) is 14.7 Å². The van der Waals surface area contributed by atoms with Gasteiger partial charge in [-0.3, -0.25) is 9.69 Å². The van der Waals surface area contributed by atoms with Gasteiger partial charge in [-0.15, -0.1) is 11.3 Å². The highest BCUT2D eigenvalue weighted by Gasteiger charge is 2.25. The van der Waals surface area contributed by atoms with E-state index in [1.165, 1.54) is 16.9 Å². The Morgan fingerprint density at radius 3 is 2.72 bits per heavy atom. The fourth-order valence-electron chi connectivity index (χ4n) is 4.07. The van der Waals surface area contributed by atoms with Crippen molar-refractivity contribution in [1.29, 1.82) is 0 Å². The van der Waals surface area contributed by atoms with E-state index in [-0.39, 0.29) is 18.0 Å². The predicted molar refractivity (Wildman–Crippen MR) is 117 cm³/mol. The molecule has 0 bridgehead atoms. The van der Waals surface area contributed by atoms with Crippen molar-refractivity contribution in [1.82, 2.24) is 20.2 Å². The van der Waals surface area contributed by atoms with Gasteiger partial charge in [-0.25, -0.2) is 9.97 Å². The van der Waals surface area contributed by atoms with Crippen LogP contribution in [0.3, 0.4) is 0 Å². The Morgan fingerprint density at radius 1 is 1.24 bits per heavy atom. The number of aromatic nitrogens is 2. The summed E-state index contributed by atoms with van der Waals surface area (Å²) in [5.74, 6) is 1.73. The van der Waals surface area contributed by atoms with Crippen molar-refractivity contribution in [3.8, 4) is 0 Å². The maximum Gasteiger partial charge on any atom is 0.239 e. The number of nitrogens with zero attached hydrogens (tertiary/aromatic N) is 4. The van der Waals surface area contributed by atoms with Gasteiger partial charge in [-0.2, -0.15) is 0 Å². The van der Waals surface area contributed by atoms with Gasteiger partial charge in [0.2, 0.25) is 5.91 Å². The Kier molecular flexibility index (Phi) is 5.77. The number of rotatable bonds is 5. The van der Waals surface area contributed by atoms with Crippen LogP contribution in [0.2, 0.25) is 0 Å². The number of thiophene rings is 1. The van der Waals surface area contributed by atoms with Crippen LogP contribution in [0.1, 0.15) is 43.5 Å². The summed E-state index contributed by atoms with van der Waals surface area (Å²) >= 11 is 1.80. The molecule has 2 aromatic heterocycles. The summed E-state index contributed by atoms with van der Waals surface area (Å²) in [5, 5.41) is 4.20. The van der Waals surface area contributed by atoms with E-state index in [1.54, 1.807) is 11.3 Å². The number of morpholine rings is 1. The normalized spacial score (nSPS) is 17.5. The van der Waals surface area contributed by atoms with Crippen molar-refractivity contribution < 1.29 is 9.53 Å². The van der Waals surface area contributed by atoms with Gasteiger partial charge in [-0.1, -0.05) is 0 Å². The molecule has 4 rings (SSSR count). The largest absolute Gasteiger partial charge is 0.379 e. The van der Waals surface area contributed by atoms with Gasteiger partial charge < -0.3 is 15.0 Å². The van der Waals surface area contributed by atoms with Crippen molar-refractivity contribution in [2.75, 3.05) is 44.8 Å². The number of carbonyl (C=O) groups excluding carboxylic acids is 1. The summed E-state index contributed by atoms with van der Waals surface area (Å²) in [5.41, 5.74) is 1.14. The lowest BCUT2D eigenvalue weighted by Crippen LogP contribution is -2.45. The average Bonchev–Trinajstić information content (AvgIpc) is 3.21. The molecule has 158 valence electrons. The number of anilines is 1. The van der Waals surface area contributed by atoms with Crippen molar-refractivity contribution in [2.24, 2.45) is 0 Å². The lowest BCUT2D eigenvalue weighted by atomic mass is 10.1. The number of carbonyl (C=O) groups is 1. The van der Waals surface area contributed by atoms with E-state index in [2.05, 4.69) is 10.2 Å². The molecule has 29 heavy (non-hydrogen) atoms. The van der Waals surface area contributed by atoms with Crippen LogP contribution in [0, 0.1) is 0 Å². The van der Waals surface area contributed by atoms with Gasteiger partial charge in [-0.05, 0) is 45.6 Å². The number of hydrogen-bond donors (Lipinski definition) is 1. The molecule has 0 spiro atoms. The molecule has 2 aromatic rings. The zero-order valence-corrected chi connectivity index (χ0v) is 18.7. The number of hydrogen-bond acceptors (Lipinski definition) is 7. The average molecular weight is 418 g/mol. The van der Waals surface area contributed by atoms with Crippen LogP contribution in [-0.4, -0.2) is 66.2 Å². The quantitative estimate of drug-likeness (QED) is 0.805. The molecule has 0 atom stereocenters. The molecule has 1 amide bonds. The van der Waals surface area contributed by atoms with E-state index < -0.39 is 0 Å². The summed E-state index contributed by atoms with van der Waals surface area (Å²) in [6.45, 7) is 10.3. The number of ether oxygens (including phenoxy) is 1. The van der Waals surface area contributed by atoms with Crippen molar-refractivity contribution >= 4 is 33.3 Å². The van der Waals surface area contributed by atoms with Gasteiger partial charge in [0.15, 0.2) is 0 Å². The third kappa shape index (κ3) is 4.70. The van der Waals surface area contributed by atoms with Crippen LogP contribution < -0.4 is 10.2 Å². The molecule has 2 aliphatic rings. The Hall–Kier alpha value is -1.77.